The summed E-state index contributed by atoms with van der Waals surface area (Å²) >= 11 is 2.33. The summed E-state index contributed by atoms with van der Waals surface area (Å²) in [5.41, 5.74) is 1.28. The molecular formula is C11H17INO+. The van der Waals surface area contributed by atoms with Crippen molar-refractivity contribution in [1.82, 2.24) is 0 Å². The zero-order valence-corrected chi connectivity index (χ0v) is 10.9. The van der Waals surface area contributed by atoms with Gasteiger partial charge in [-0.05, 0) is 60.2 Å². The minimum absolute atomic E-state index is 0.786. The molecule has 2 nitrogen and oxygen atoms in total. The number of aryl methyl sites for hydroxylation is 1. The first-order valence-corrected chi connectivity index (χ1v) is 6.02. The average molecular weight is 306 g/mol. The molecule has 3 heteroatoms. The van der Waals surface area contributed by atoms with E-state index in [0.29, 0.717) is 0 Å². The van der Waals surface area contributed by atoms with E-state index in [1.54, 1.807) is 0 Å². The zero-order chi connectivity index (χ0) is 10.4. The summed E-state index contributed by atoms with van der Waals surface area (Å²) in [5, 5.41) is 2.24. The Morgan fingerprint density at radius 2 is 2.21 bits per heavy atom. The molecule has 1 aromatic rings. The van der Waals surface area contributed by atoms with Crippen molar-refractivity contribution < 1.29 is 10.1 Å². The minimum atomic E-state index is 0.786. The van der Waals surface area contributed by atoms with Gasteiger partial charge in [-0.2, -0.15) is 0 Å². The minimum Gasteiger partial charge on any atom is -0.488 e. The summed E-state index contributed by atoms with van der Waals surface area (Å²) in [7, 11) is 0. The van der Waals surface area contributed by atoms with Crippen LogP contribution >= 0.6 is 22.6 Å². The van der Waals surface area contributed by atoms with Crippen LogP contribution in [0.5, 0.6) is 5.75 Å². The van der Waals surface area contributed by atoms with Gasteiger partial charge in [-0.3, -0.25) is 0 Å². The van der Waals surface area contributed by atoms with Gasteiger partial charge < -0.3 is 10.1 Å². The average Bonchev–Trinajstić information content (AvgIpc) is 2.18. The van der Waals surface area contributed by atoms with Gasteiger partial charge in [-0.15, -0.1) is 0 Å². The topological polar surface area (TPSA) is 25.8 Å². The van der Waals surface area contributed by atoms with Crippen molar-refractivity contribution in [3.8, 4) is 5.75 Å². The van der Waals surface area contributed by atoms with E-state index in [1.165, 1.54) is 9.13 Å². The van der Waals surface area contributed by atoms with Crippen molar-refractivity contribution in [2.75, 3.05) is 19.7 Å². The van der Waals surface area contributed by atoms with Crippen LogP contribution in [0.4, 0.5) is 0 Å². The van der Waals surface area contributed by atoms with Crippen molar-refractivity contribution in [3.05, 3.63) is 27.3 Å². The highest BCUT2D eigenvalue weighted by atomic mass is 127. The van der Waals surface area contributed by atoms with Crippen LogP contribution in [0.1, 0.15) is 12.5 Å². The van der Waals surface area contributed by atoms with Gasteiger partial charge in [0.05, 0.1) is 6.54 Å². The Kier molecular flexibility index (Phi) is 5.25. The third-order valence-electron chi connectivity index (χ3n) is 2.01. The van der Waals surface area contributed by atoms with Crippen LogP contribution in [0.15, 0.2) is 18.2 Å². The molecule has 78 valence electrons. The number of nitrogens with two attached hydrogens (primary N) is 1. The summed E-state index contributed by atoms with van der Waals surface area (Å²) in [4.78, 5) is 0. The van der Waals surface area contributed by atoms with E-state index < -0.39 is 0 Å². The van der Waals surface area contributed by atoms with Crippen LogP contribution in [0.2, 0.25) is 0 Å². The first kappa shape index (κ1) is 11.8. The van der Waals surface area contributed by atoms with Gasteiger partial charge in [0, 0.05) is 3.57 Å². The normalized spacial score (nSPS) is 10.2. The van der Waals surface area contributed by atoms with Crippen LogP contribution in [-0.4, -0.2) is 19.7 Å². The Labute approximate surface area is 99.2 Å². The van der Waals surface area contributed by atoms with Gasteiger partial charge >= 0.3 is 0 Å². The van der Waals surface area contributed by atoms with E-state index >= 15 is 0 Å². The van der Waals surface area contributed by atoms with Gasteiger partial charge in [0.2, 0.25) is 0 Å². The molecule has 1 aromatic carbocycles. The molecule has 2 N–H and O–H groups in total. The third-order valence-corrected chi connectivity index (χ3v) is 3.22. The number of benzene rings is 1. The molecule has 0 aliphatic carbocycles. The number of likely N-dealkylation sites (N-methyl/N-ethyl adjacent to an activating group) is 1. The van der Waals surface area contributed by atoms with Crippen molar-refractivity contribution in [1.29, 1.82) is 0 Å². The fourth-order valence-corrected chi connectivity index (χ4v) is 1.51. The molecule has 0 amide bonds. The van der Waals surface area contributed by atoms with Crippen LogP contribution in [0, 0.1) is 10.5 Å². The highest BCUT2D eigenvalue weighted by molar-refractivity contribution is 14.1. The molecule has 14 heavy (non-hydrogen) atoms. The second-order valence-corrected chi connectivity index (χ2v) is 4.41. The molecule has 0 saturated carbocycles. The molecule has 0 fully saturated rings. The summed E-state index contributed by atoms with van der Waals surface area (Å²) in [6, 6.07) is 6.21. The molecular weight excluding hydrogens is 289 g/mol. The lowest BCUT2D eigenvalue weighted by molar-refractivity contribution is -0.652. The highest BCUT2D eigenvalue weighted by Gasteiger charge is 1.98. The fraction of sp³-hybridized carbons (Fsp3) is 0.455. The maximum atomic E-state index is 5.61. The van der Waals surface area contributed by atoms with Crippen LogP contribution < -0.4 is 10.1 Å². The molecule has 0 heterocycles. The SMILES string of the molecule is CC[NH2+]CCOc1ccc(I)c(C)c1. The maximum absolute atomic E-state index is 5.61. The lowest BCUT2D eigenvalue weighted by atomic mass is 10.2. The Morgan fingerprint density at radius 3 is 2.86 bits per heavy atom. The van der Waals surface area contributed by atoms with Gasteiger partial charge in [-0.25, -0.2) is 0 Å². The molecule has 0 unspecified atom stereocenters. The predicted octanol–water partition coefficient (Wildman–Crippen LogP) is 1.56. The van der Waals surface area contributed by atoms with Gasteiger partial charge in [0.1, 0.15) is 18.9 Å². The van der Waals surface area contributed by atoms with Crippen LogP contribution in [0.25, 0.3) is 0 Å². The number of quaternary nitrogens is 1. The number of hydrogen-bond acceptors (Lipinski definition) is 1. The number of rotatable bonds is 5. The quantitative estimate of drug-likeness (QED) is 0.648. The van der Waals surface area contributed by atoms with Crippen LogP contribution in [0.3, 0.4) is 0 Å². The Morgan fingerprint density at radius 1 is 1.43 bits per heavy atom. The smallest absolute Gasteiger partial charge is 0.137 e. The number of hydrogen-bond donors (Lipinski definition) is 1. The highest BCUT2D eigenvalue weighted by Crippen LogP contribution is 2.18. The van der Waals surface area contributed by atoms with Crippen molar-refractivity contribution in [3.63, 3.8) is 0 Å². The second-order valence-electron chi connectivity index (χ2n) is 3.25. The molecule has 0 bridgehead atoms. The van der Waals surface area contributed by atoms with Crippen molar-refractivity contribution >= 4 is 22.6 Å². The lowest BCUT2D eigenvalue weighted by Gasteiger charge is -2.06. The molecule has 0 radical (unpaired) electrons. The number of halogens is 1. The predicted molar refractivity (Wildman–Crippen MR) is 66.7 cm³/mol. The van der Waals surface area contributed by atoms with E-state index in [-0.39, 0.29) is 0 Å². The van der Waals surface area contributed by atoms with Gasteiger partial charge in [0.25, 0.3) is 0 Å². The van der Waals surface area contributed by atoms with Crippen LogP contribution in [-0.2, 0) is 0 Å². The Hall–Kier alpha value is -0.290. The van der Waals surface area contributed by atoms with E-state index in [0.717, 1.165) is 25.4 Å². The second kappa shape index (κ2) is 6.24. The molecule has 0 saturated heterocycles. The van der Waals surface area contributed by atoms with Gasteiger partial charge in [-0.1, -0.05) is 0 Å². The Bertz CT molecular complexity index is 289. The van der Waals surface area contributed by atoms with E-state index in [2.05, 4.69) is 53.9 Å². The molecule has 0 aromatic heterocycles. The first-order valence-electron chi connectivity index (χ1n) is 4.94. The molecule has 0 aliphatic rings. The van der Waals surface area contributed by atoms with E-state index in [9.17, 15) is 0 Å². The molecule has 0 aliphatic heterocycles. The summed E-state index contributed by atoms with van der Waals surface area (Å²) in [6.07, 6.45) is 0. The largest absolute Gasteiger partial charge is 0.488 e. The van der Waals surface area contributed by atoms with E-state index in [4.69, 9.17) is 4.74 Å². The third kappa shape index (κ3) is 3.84. The van der Waals surface area contributed by atoms with Crippen molar-refractivity contribution in [2.45, 2.75) is 13.8 Å². The summed E-state index contributed by atoms with van der Waals surface area (Å²) < 4.78 is 6.90. The molecule has 1 rings (SSSR count). The molecule has 0 spiro atoms. The summed E-state index contributed by atoms with van der Waals surface area (Å²) in [5.74, 6) is 0.979. The number of ether oxygens (including phenoxy) is 1. The lowest BCUT2D eigenvalue weighted by Crippen LogP contribution is -2.84. The Balaban J connectivity index is 2.39. The summed E-state index contributed by atoms with van der Waals surface area (Å²) in [6.45, 7) is 7.19. The fourth-order valence-electron chi connectivity index (χ4n) is 1.17. The van der Waals surface area contributed by atoms with E-state index in [1.807, 2.05) is 6.07 Å². The standard InChI is InChI=1S/C11H16INO/c1-3-13-6-7-14-10-4-5-11(12)9(2)8-10/h4-5,8,13H,3,6-7H2,1-2H3/p+1. The maximum Gasteiger partial charge on any atom is 0.137 e. The molecule has 0 atom stereocenters. The van der Waals surface area contributed by atoms with Gasteiger partial charge in [0.15, 0.2) is 0 Å². The first-order chi connectivity index (χ1) is 6.74. The monoisotopic (exact) mass is 306 g/mol. The zero-order valence-electron chi connectivity index (χ0n) is 8.72. The van der Waals surface area contributed by atoms with Crippen molar-refractivity contribution in [2.24, 2.45) is 0 Å².